The Morgan fingerprint density at radius 1 is 1.38 bits per heavy atom. The molecule has 0 radical (unpaired) electrons. The molecule has 1 aromatic carbocycles. The van der Waals surface area contributed by atoms with Crippen molar-refractivity contribution in [2.75, 3.05) is 20.2 Å². The van der Waals surface area contributed by atoms with Crippen molar-refractivity contribution in [1.29, 1.82) is 0 Å². The molecule has 0 unspecified atom stereocenters. The maximum absolute atomic E-state index is 12.8. The lowest BCUT2D eigenvalue weighted by molar-refractivity contribution is -0.118. The van der Waals surface area contributed by atoms with E-state index in [9.17, 15) is 13.2 Å². The number of piperidine rings is 1. The van der Waals surface area contributed by atoms with Crippen molar-refractivity contribution in [2.45, 2.75) is 37.1 Å². The average molecular weight is 352 g/mol. The largest absolute Gasteiger partial charge is 0.496 e. The van der Waals surface area contributed by atoms with Crippen molar-refractivity contribution < 1.29 is 17.9 Å². The highest BCUT2D eigenvalue weighted by atomic mass is 32.2. The van der Waals surface area contributed by atoms with Crippen LogP contribution in [0.2, 0.25) is 0 Å². The molecule has 0 spiro atoms. The van der Waals surface area contributed by atoms with Crippen molar-refractivity contribution in [3.8, 4) is 5.75 Å². The second kappa shape index (κ2) is 6.94. The van der Waals surface area contributed by atoms with Gasteiger partial charge in [0.25, 0.3) is 0 Å². The fourth-order valence-corrected chi connectivity index (χ4v) is 4.38. The Balaban J connectivity index is 2.14. The zero-order valence-corrected chi connectivity index (χ0v) is 15.1. The van der Waals surface area contributed by atoms with Gasteiger partial charge in [0.05, 0.1) is 12.0 Å². The third kappa shape index (κ3) is 3.79. The molecule has 1 amide bonds. The molecular formula is C17H24N2O4S. The van der Waals surface area contributed by atoms with Crippen molar-refractivity contribution in [1.82, 2.24) is 9.62 Å². The molecule has 1 heterocycles. The van der Waals surface area contributed by atoms with Gasteiger partial charge in [-0.15, -0.1) is 0 Å². The lowest BCUT2D eigenvalue weighted by atomic mass is 9.90. The van der Waals surface area contributed by atoms with Crippen LogP contribution in [0.5, 0.6) is 5.75 Å². The van der Waals surface area contributed by atoms with Crippen LogP contribution in [-0.4, -0.2) is 44.4 Å². The van der Waals surface area contributed by atoms with Gasteiger partial charge >= 0.3 is 0 Å². The molecule has 0 aromatic heterocycles. The van der Waals surface area contributed by atoms with Crippen LogP contribution in [0.1, 0.15) is 25.3 Å². The van der Waals surface area contributed by atoms with Gasteiger partial charge in [-0.05, 0) is 56.5 Å². The summed E-state index contributed by atoms with van der Waals surface area (Å²) in [7, 11) is -1.99. The van der Waals surface area contributed by atoms with E-state index in [-0.39, 0.29) is 10.8 Å². The van der Waals surface area contributed by atoms with Crippen molar-refractivity contribution in [3.63, 3.8) is 0 Å². The summed E-state index contributed by atoms with van der Waals surface area (Å²) in [6.45, 7) is 7.91. The number of rotatable bonds is 5. The Kier molecular flexibility index (Phi) is 5.35. The fraction of sp³-hybridized carbons (Fsp3) is 0.471. The molecule has 24 heavy (non-hydrogen) atoms. The smallest absolute Gasteiger partial charge is 0.243 e. The lowest BCUT2D eigenvalue weighted by Crippen LogP contribution is -2.53. The maximum Gasteiger partial charge on any atom is 0.243 e. The van der Waals surface area contributed by atoms with Crippen LogP contribution in [0.3, 0.4) is 0 Å². The molecule has 0 saturated carbocycles. The highest BCUT2D eigenvalue weighted by Gasteiger charge is 2.36. The van der Waals surface area contributed by atoms with Crippen LogP contribution in [0.15, 0.2) is 35.7 Å². The number of ether oxygens (including phenoxy) is 1. The number of nitrogens with one attached hydrogen (secondary N) is 1. The first-order valence-corrected chi connectivity index (χ1v) is 9.25. The number of carbonyl (C=O) groups excluding carboxylic acids is 1. The standard InChI is InChI=1S/C17H24N2O4S/c1-5-16(20)18-17(3)8-10-19(11-9-17)24(21,22)14-6-7-15(23-4)13(2)12-14/h5-7,12H,1,8-11H2,2-4H3,(H,18,20). The van der Waals surface area contributed by atoms with Gasteiger partial charge in [0.1, 0.15) is 5.75 Å². The van der Waals surface area contributed by atoms with Gasteiger partial charge in [-0.3, -0.25) is 4.79 Å². The van der Waals surface area contributed by atoms with E-state index in [2.05, 4.69) is 11.9 Å². The number of hydrogen-bond donors (Lipinski definition) is 1. The predicted molar refractivity (Wildman–Crippen MR) is 92.5 cm³/mol. The summed E-state index contributed by atoms with van der Waals surface area (Å²) in [6, 6.07) is 4.86. The zero-order valence-electron chi connectivity index (χ0n) is 14.3. The molecule has 0 aliphatic carbocycles. The van der Waals surface area contributed by atoms with Crippen LogP contribution < -0.4 is 10.1 Å². The van der Waals surface area contributed by atoms with Crippen LogP contribution >= 0.6 is 0 Å². The molecule has 1 N–H and O–H groups in total. The normalized spacial score (nSPS) is 18.0. The summed E-state index contributed by atoms with van der Waals surface area (Å²) in [6.07, 6.45) is 2.34. The Morgan fingerprint density at radius 3 is 2.50 bits per heavy atom. The van der Waals surface area contributed by atoms with Crippen molar-refractivity contribution in [2.24, 2.45) is 0 Å². The molecule has 1 aromatic rings. The average Bonchev–Trinajstić information content (AvgIpc) is 2.54. The summed E-state index contributed by atoms with van der Waals surface area (Å²) in [4.78, 5) is 11.8. The van der Waals surface area contributed by atoms with Crippen LogP contribution in [0.4, 0.5) is 0 Å². The van der Waals surface area contributed by atoms with Gasteiger partial charge in [0, 0.05) is 18.6 Å². The summed E-state index contributed by atoms with van der Waals surface area (Å²) < 4.78 is 32.3. The Labute approximate surface area is 143 Å². The number of hydrogen-bond acceptors (Lipinski definition) is 4. The number of nitrogens with zero attached hydrogens (tertiary/aromatic N) is 1. The van der Waals surface area contributed by atoms with Crippen LogP contribution in [0.25, 0.3) is 0 Å². The summed E-state index contributed by atoms with van der Waals surface area (Å²) in [5, 5.41) is 2.89. The number of amides is 1. The second-order valence-electron chi connectivity index (χ2n) is 6.29. The quantitative estimate of drug-likeness (QED) is 0.821. The summed E-state index contributed by atoms with van der Waals surface area (Å²) in [5.74, 6) is 0.423. The SMILES string of the molecule is C=CC(=O)NC1(C)CCN(S(=O)(=O)c2ccc(OC)c(C)c2)CC1. The summed E-state index contributed by atoms with van der Waals surface area (Å²) >= 11 is 0. The number of aryl methyl sites for hydroxylation is 1. The fourth-order valence-electron chi connectivity index (χ4n) is 2.85. The molecule has 7 heteroatoms. The van der Waals surface area contributed by atoms with Gasteiger partial charge in [-0.25, -0.2) is 8.42 Å². The minimum absolute atomic E-state index is 0.236. The van der Waals surface area contributed by atoms with Crippen LogP contribution in [0, 0.1) is 6.92 Å². The molecule has 1 aliphatic rings. The molecule has 1 aliphatic heterocycles. The van der Waals surface area contributed by atoms with Gasteiger partial charge in [-0.1, -0.05) is 6.58 Å². The highest BCUT2D eigenvalue weighted by molar-refractivity contribution is 7.89. The van der Waals surface area contributed by atoms with E-state index < -0.39 is 15.6 Å². The third-order valence-electron chi connectivity index (χ3n) is 4.44. The molecule has 132 valence electrons. The van der Waals surface area contributed by atoms with E-state index >= 15 is 0 Å². The first kappa shape index (κ1) is 18.5. The van der Waals surface area contributed by atoms with Crippen molar-refractivity contribution >= 4 is 15.9 Å². The van der Waals surface area contributed by atoms with Gasteiger partial charge < -0.3 is 10.1 Å². The Hall–Kier alpha value is -1.86. The van der Waals surface area contributed by atoms with E-state index in [0.717, 1.165) is 5.56 Å². The van der Waals surface area contributed by atoms with E-state index in [4.69, 9.17) is 4.74 Å². The molecule has 0 bridgehead atoms. The number of benzene rings is 1. The lowest BCUT2D eigenvalue weighted by Gasteiger charge is -2.39. The highest BCUT2D eigenvalue weighted by Crippen LogP contribution is 2.28. The monoisotopic (exact) mass is 352 g/mol. The number of carbonyl (C=O) groups is 1. The van der Waals surface area contributed by atoms with E-state index in [1.807, 2.05) is 13.8 Å². The minimum atomic E-state index is -3.55. The first-order chi connectivity index (χ1) is 11.2. The van der Waals surface area contributed by atoms with Crippen LogP contribution in [-0.2, 0) is 14.8 Å². The van der Waals surface area contributed by atoms with E-state index in [1.54, 1.807) is 25.3 Å². The van der Waals surface area contributed by atoms with Gasteiger partial charge in [0.15, 0.2) is 0 Å². The number of methoxy groups -OCH3 is 1. The first-order valence-electron chi connectivity index (χ1n) is 7.81. The molecule has 0 atom stereocenters. The molecule has 1 saturated heterocycles. The second-order valence-corrected chi connectivity index (χ2v) is 8.23. The number of sulfonamides is 1. The molecular weight excluding hydrogens is 328 g/mol. The molecule has 6 nitrogen and oxygen atoms in total. The summed E-state index contributed by atoms with van der Waals surface area (Å²) in [5.41, 5.74) is 0.367. The molecule has 1 fully saturated rings. The Bertz CT molecular complexity index is 735. The predicted octanol–water partition coefficient (Wildman–Crippen LogP) is 1.85. The van der Waals surface area contributed by atoms with Gasteiger partial charge in [0.2, 0.25) is 15.9 Å². The van der Waals surface area contributed by atoms with Gasteiger partial charge in [-0.2, -0.15) is 4.31 Å². The van der Waals surface area contributed by atoms with Crippen molar-refractivity contribution in [3.05, 3.63) is 36.4 Å². The van der Waals surface area contributed by atoms with E-state index in [1.165, 1.54) is 10.4 Å². The Morgan fingerprint density at radius 2 is 2.00 bits per heavy atom. The van der Waals surface area contributed by atoms with E-state index in [0.29, 0.717) is 31.7 Å². The third-order valence-corrected chi connectivity index (χ3v) is 6.34. The molecule has 2 rings (SSSR count). The maximum atomic E-state index is 12.8. The topological polar surface area (TPSA) is 75.7 Å². The minimum Gasteiger partial charge on any atom is -0.496 e. The zero-order chi connectivity index (χ0) is 18.0.